The lowest BCUT2D eigenvalue weighted by molar-refractivity contribution is 0.342. The van der Waals surface area contributed by atoms with E-state index in [9.17, 15) is 18.3 Å². The molecule has 2 aliphatic rings. The molecule has 1 fully saturated rings. The molecular formula is C19H17F3O. The Morgan fingerprint density at radius 3 is 2.22 bits per heavy atom. The Hall–Kier alpha value is -1.97. The number of fused-ring (bicyclic) bond motifs is 4. The van der Waals surface area contributed by atoms with Crippen LogP contribution in [-0.4, -0.2) is 5.11 Å². The van der Waals surface area contributed by atoms with Crippen LogP contribution in [0, 0.1) is 23.4 Å². The molecule has 2 aliphatic carbocycles. The third-order valence-electron chi connectivity index (χ3n) is 5.36. The number of phenols is 1. The first kappa shape index (κ1) is 14.6. The SMILES string of the molecule is CC1CCC(c2ccc3c(c2F)-c2c-3cc(O)c(F)c2F)CC1. The molecule has 1 nitrogen and oxygen atoms in total. The van der Waals surface area contributed by atoms with Crippen LogP contribution in [-0.2, 0) is 0 Å². The lowest BCUT2D eigenvalue weighted by atomic mass is 9.74. The van der Waals surface area contributed by atoms with E-state index in [0.29, 0.717) is 22.6 Å². The fourth-order valence-electron chi connectivity index (χ4n) is 3.95. The molecule has 2 aromatic carbocycles. The average molecular weight is 318 g/mol. The zero-order valence-corrected chi connectivity index (χ0v) is 12.8. The Morgan fingerprint density at radius 2 is 1.52 bits per heavy atom. The highest BCUT2D eigenvalue weighted by molar-refractivity contribution is 6.03. The zero-order chi connectivity index (χ0) is 16.3. The van der Waals surface area contributed by atoms with E-state index >= 15 is 0 Å². The van der Waals surface area contributed by atoms with Crippen LogP contribution in [0.25, 0.3) is 22.3 Å². The molecule has 0 aliphatic heterocycles. The predicted octanol–water partition coefficient (Wildman–Crippen LogP) is 5.75. The van der Waals surface area contributed by atoms with E-state index in [1.807, 2.05) is 0 Å². The van der Waals surface area contributed by atoms with Gasteiger partial charge in [-0.1, -0.05) is 31.9 Å². The van der Waals surface area contributed by atoms with Crippen LogP contribution in [0.5, 0.6) is 5.75 Å². The summed E-state index contributed by atoms with van der Waals surface area (Å²) in [6, 6.07) is 4.68. The van der Waals surface area contributed by atoms with Gasteiger partial charge in [0.05, 0.1) is 0 Å². The lowest BCUT2D eigenvalue weighted by Gasteiger charge is -2.31. The molecule has 4 heteroatoms. The molecule has 120 valence electrons. The van der Waals surface area contributed by atoms with Gasteiger partial charge in [0.1, 0.15) is 5.82 Å². The van der Waals surface area contributed by atoms with E-state index in [4.69, 9.17) is 0 Å². The van der Waals surface area contributed by atoms with Crippen LogP contribution in [0.15, 0.2) is 18.2 Å². The Morgan fingerprint density at radius 1 is 0.870 bits per heavy atom. The van der Waals surface area contributed by atoms with Crippen LogP contribution in [0.3, 0.4) is 0 Å². The number of aromatic hydroxyl groups is 1. The average Bonchev–Trinajstić information content (AvgIpc) is 2.52. The van der Waals surface area contributed by atoms with Crippen molar-refractivity contribution in [3.63, 3.8) is 0 Å². The van der Waals surface area contributed by atoms with Crippen molar-refractivity contribution in [2.45, 2.75) is 38.5 Å². The van der Waals surface area contributed by atoms with Crippen molar-refractivity contribution in [3.8, 4) is 28.0 Å². The topological polar surface area (TPSA) is 20.2 Å². The maximum Gasteiger partial charge on any atom is 0.201 e. The van der Waals surface area contributed by atoms with E-state index in [1.54, 1.807) is 12.1 Å². The Kier molecular flexibility index (Phi) is 3.19. The summed E-state index contributed by atoms with van der Waals surface area (Å²) >= 11 is 0. The second-order valence-corrected chi connectivity index (χ2v) is 6.79. The third kappa shape index (κ3) is 2.00. The van der Waals surface area contributed by atoms with Gasteiger partial charge in [0.2, 0.25) is 5.82 Å². The van der Waals surface area contributed by atoms with Gasteiger partial charge in [0.15, 0.2) is 11.6 Å². The van der Waals surface area contributed by atoms with Gasteiger partial charge in [-0.15, -0.1) is 0 Å². The summed E-state index contributed by atoms with van der Waals surface area (Å²) in [7, 11) is 0. The first-order valence-corrected chi connectivity index (χ1v) is 8.03. The molecule has 0 atom stereocenters. The standard InChI is InChI=1S/C19H17F3O/c1-9-2-4-10(5-3-9)11-6-7-12-13-8-14(23)18(21)19(22)16(13)15(12)17(11)20/h6-10,23H,2-5H2,1H3. The fourth-order valence-corrected chi connectivity index (χ4v) is 3.95. The monoisotopic (exact) mass is 318 g/mol. The molecule has 0 unspecified atom stereocenters. The summed E-state index contributed by atoms with van der Waals surface area (Å²) < 4.78 is 42.6. The van der Waals surface area contributed by atoms with Crippen LogP contribution in [0.2, 0.25) is 0 Å². The summed E-state index contributed by atoms with van der Waals surface area (Å²) in [6.07, 6.45) is 3.98. The van der Waals surface area contributed by atoms with Gasteiger partial charge in [-0.05, 0) is 47.4 Å². The molecule has 0 radical (unpaired) electrons. The maximum atomic E-state index is 14.9. The number of halogens is 3. The van der Waals surface area contributed by atoms with Crippen molar-refractivity contribution in [2.24, 2.45) is 5.92 Å². The smallest absolute Gasteiger partial charge is 0.201 e. The highest BCUT2D eigenvalue weighted by Crippen LogP contribution is 2.53. The van der Waals surface area contributed by atoms with Gasteiger partial charge in [0, 0.05) is 11.1 Å². The first-order chi connectivity index (χ1) is 11.0. The predicted molar refractivity (Wildman–Crippen MR) is 82.8 cm³/mol. The molecule has 0 heterocycles. The van der Waals surface area contributed by atoms with Gasteiger partial charge in [-0.25, -0.2) is 8.78 Å². The minimum Gasteiger partial charge on any atom is -0.505 e. The number of benzene rings is 2. The molecule has 0 saturated heterocycles. The van der Waals surface area contributed by atoms with Crippen LogP contribution < -0.4 is 0 Å². The number of rotatable bonds is 1. The molecular weight excluding hydrogens is 301 g/mol. The van der Waals surface area contributed by atoms with Crippen LogP contribution in [0.1, 0.15) is 44.1 Å². The lowest BCUT2D eigenvalue weighted by Crippen LogP contribution is -2.14. The molecule has 2 aromatic rings. The van der Waals surface area contributed by atoms with Crippen molar-refractivity contribution >= 4 is 0 Å². The van der Waals surface area contributed by atoms with Crippen molar-refractivity contribution in [1.82, 2.24) is 0 Å². The largest absolute Gasteiger partial charge is 0.505 e. The third-order valence-corrected chi connectivity index (χ3v) is 5.36. The van der Waals surface area contributed by atoms with Gasteiger partial charge >= 0.3 is 0 Å². The van der Waals surface area contributed by atoms with E-state index < -0.39 is 23.2 Å². The van der Waals surface area contributed by atoms with Crippen molar-refractivity contribution in [3.05, 3.63) is 41.2 Å². The van der Waals surface area contributed by atoms with Crippen LogP contribution >= 0.6 is 0 Å². The Balaban J connectivity index is 1.79. The zero-order valence-electron chi connectivity index (χ0n) is 12.8. The Labute approximate surface area is 132 Å². The molecule has 4 rings (SSSR count). The minimum absolute atomic E-state index is 0.0428. The molecule has 23 heavy (non-hydrogen) atoms. The summed E-state index contributed by atoms with van der Waals surface area (Å²) in [5.41, 5.74) is 1.64. The van der Waals surface area contributed by atoms with Gasteiger partial charge in [0.25, 0.3) is 0 Å². The summed E-state index contributed by atoms with van der Waals surface area (Å²) in [5, 5.41) is 9.41. The molecule has 0 amide bonds. The van der Waals surface area contributed by atoms with E-state index in [0.717, 1.165) is 31.7 Å². The highest BCUT2D eigenvalue weighted by atomic mass is 19.2. The number of hydrogen-bond donors (Lipinski definition) is 1. The van der Waals surface area contributed by atoms with Crippen molar-refractivity contribution in [1.29, 1.82) is 0 Å². The van der Waals surface area contributed by atoms with Gasteiger partial charge < -0.3 is 5.11 Å². The normalized spacial score (nSPS) is 22.3. The molecule has 0 bridgehead atoms. The molecule has 0 aromatic heterocycles. The minimum atomic E-state index is -1.31. The fraction of sp³-hybridized carbons (Fsp3) is 0.368. The second kappa shape index (κ2) is 5.02. The van der Waals surface area contributed by atoms with Crippen molar-refractivity contribution < 1.29 is 18.3 Å². The van der Waals surface area contributed by atoms with Gasteiger partial charge in [-0.2, -0.15) is 4.39 Å². The number of phenolic OH excluding ortho intramolecular Hbond substituents is 1. The van der Waals surface area contributed by atoms with E-state index in [1.165, 1.54) is 0 Å². The quantitative estimate of drug-likeness (QED) is 0.605. The summed E-state index contributed by atoms with van der Waals surface area (Å²) in [6.45, 7) is 2.20. The first-order valence-electron chi connectivity index (χ1n) is 8.03. The number of hydrogen-bond acceptors (Lipinski definition) is 1. The van der Waals surface area contributed by atoms with E-state index in [2.05, 4.69) is 6.92 Å². The maximum absolute atomic E-state index is 14.9. The molecule has 1 saturated carbocycles. The Bertz CT molecular complexity index is 805. The molecule has 1 N–H and O–H groups in total. The van der Waals surface area contributed by atoms with Crippen LogP contribution in [0.4, 0.5) is 13.2 Å². The summed E-state index contributed by atoms with van der Waals surface area (Å²) in [5.74, 6) is -2.84. The second-order valence-electron chi connectivity index (χ2n) is 6.79. The summed E-state index contributed by atoms with van der Waals surface area (Å²) in [4.78, 5) is 0. The van der Waals surface area contributed by atoms with E-state index in [-0.39, 0.29) is 17.0 Å². The van der Waals surface area contributed by atoms with Gasteiger partial charge in [-0.3, -0.25) is 0 Å². The van der Waals surface area contributed by atoms with Crippen molar-refractivity contribution in [2.75, 3.05) is 0 Å². The molecule has 0 spiro atoms. The highest BCUT2D eigenvalue weighted by Gasteiger charge is 2.35.